The minimum absolute atomic E-state index is 0.0485. The van der Waals surface area contributed by atoms with E-state index in [-0.39, 0.29) is 21.9 Å². The molecule has 0 amide bonds. The van der Waals surface area contributed by atoms with E-state index in [0.717, 1.165) is 23.7 Å². The highest BCUT2D eigenvalue weighted by atomic mass is 32.4. The van der Waals surface area contributed by atoms with Crippen LogP contribution in [0.15, 0.2) is 36.4 Å². The molecule has 2 saturated carbocycles. The maximum atomic E-state index is 3.00. The second-order valence-corrected chi connectivity index (χ2v) is 30.7. The zero-order chi connectivity index (χ0) is 44.3. The number of rotatable bonds is 10. The minimum Gasteiger partial charge on any atom is -0.334 e. The molecule has 6 atom stereocenters. The van der Waals surface area contributed by atoms with E-state index in [9.17, 15) is 0 Å². The third kappa shape index (κ3) is 8.86. The number of anilines is 2. The summed E-state index contributed by atoms with van der Waals surface area (Å²) in [6.45, 7) is 45.2. The fourth-order valence-corrected chi connectivity index (χ4v) is 22.9. The Labute approximate surface area is 376 Å². The van der Waals surface area contributed by atoms with E-state index in [2.05, 4.69) is 171 Å². The molecule has 4 aliphatic rings. The van der Waals surface area contributed by atoms with Gasteiger partial charge in [-0.3, -0.25) is 0 Å². The summed E-state index contributed by atoms with van der Waals surface area (Å²) in [5.74, 6) is 6.24. The molecular weight excluding hydrogens is 801 g/mol. The monoisotopic (exact) mass is 887 g/mol. The Kier molecular flexibility index (Phi) is 14.9. The quantitative estimate of drug-likeness (QED) is 0.219. The highest BCUT2D eigenvalue weighted by molar-refractivity contribution is 8.40. The minimum atomic E-state index is 0.0485. The second-order valence-electron chi connectivity index (χ2n) is 23.7. The van der Waals surface area contributed by atoms with Crippen molar-refractivity contribution in [3.63, 3.8) is 0 Å². The van der Waals surface area contributed by atoms with Gasteiger partial charge in [0.1, 0.15) is 0 Å². The standard InChI is InChI=1S/C54H86N2P4/c1-33(2)41-21-19-22-42(34(3)4)47(41)55-49(53(31-51(55,15)16)29-39(13)25-27-45(53)37(9)10)57-59-60-58-50-54(30-40(14)26-28-46(54)38(11)12)32-52(17,18)56(50)48-43(35(5)6)23-20-24-44(48)36(7)8/h19-24,33-40,45-46H,25-32H2,1-18H3/t39-,40-,45?,46?,53-,54-/m1/s1. The summed E-state index contributed by atoms with van der Waals surface area (Å²) in [5, 5.41) is 0. The van der Waals surface area contributed by atoms with Crippen LogP contribution < -0.4 is 9.80 Å². The Bertz CT molecular complexity index is 1740. The normalized spacial score (nSPS) is 30.9. The first-order valence-corrected chi connectivity index (χ1v) is 30.1. The number of nitrogens with zero attached hydrogens (tertiary/aromatic N) is 2. The molecule has 2 nitrogen and oxygen atoms in total. The molecule has 6 rings (SSSR count). The lowest BCUT2D eigenvalue weighted by Crippen LogP contribution is -2.46. The molecule has 332 valence electrons. The molecule has 2 unspecified atom stereocenters. The van der Waals surface area contributed by atoms with Gasteiger partial charge in [0.05, 0.1) is 10.8 Å². The van der Waals surface area contributed by atoms with Crippen molar-refractivity contribution >= 4 is 53.1 Å². The summed E-state index contributed by atoms with van der Waals surface area (Å²) in [4.78, 5) is 5.99. The van der Waals surface area contributed by atoms with Crippen LogP contribution in [0.3, 0.4) is 0 Å². The molecule has 2 aromatic rings. The number of benzene rings is 2. The first kappa shape index (κ1) is 48.4. The molecule has 2 aliphatic carbocycles. The second kappa shape index (κ2) is 18.5. The summed E-state index contributed by atoms with van der Waals surface area (Å²) in [6.07, 6.45) is 10.7. The van der Waals surface area contributed by atoms with Gasteiger partial charge in [-0.05, 0) is 179 Å². The summed E-state index contributed by atoms with van der Waals surface area (Å²) < 4.78 is 0. The zero-order valence-corrected chi connectivity index (χ0v) is 45.2. The predicted octanol–water partition coefficient (Wildman–Crippen LogP) is 18.8. The van der Waals surface area contributed by atoms with E-state index in [1.807, 2.05) is 0 Å². The lowest BCUT2D eigenvalue weighted by molar-refractivity contribution is 0.0863. The van der Waals surface area contributed by atoms with Gasteiger partial charge in [-0.25, -0.2) is 0 Å². The number of hydrogen-bond acceptors (Lipinski definition) is 0. The van der Waals surface area contributed by atoms with Crippen molar-refractivity contribution in [2.75, 3.05) is 9.80 Å². The maximum absolute atomic E-state index is 3.00. The Hall–Kier alpha value is -1.02. The molecule has 0 aromatic heterocycles. The summed E-state index contributed by atoms with van der Waals surface area (Å²) in [6, 6.07) is 14.5. The largest absolute Gasteiger partial charge is 0.334 e. The number of para-hydroxylation sites is 2. The fraction of sp³-hybridized carbons (Fsp3) is 0.741. The molecule has 60 heavy (non-hydrogen) atoms. The van der Waals surface area contributed by atoms with Crippen LogP contribution in [0.5, 0.6) is 0 Å². The molecular formula is C54H86N2P4. The molecule has 0 bridgehead atoms. The van der Waals surface area contributed by atoms with Crippen LogP contribution >= 0.6 is 30.9 Å². The van der Waals surface area contributed by atoms with Crippen molar-refractivity contribution in [1.82, 2.24) is 0 Å². The third-order valence-corrected chi connectivity index (χ3v) is 24.2. The lowest BCUT2D eigenvalue weighted by atomic mass is 9.58. The average molecular weight is 887 g/mol. The Morgan fingerprint density at radius 2 is 0.783 bits per heavy atom. The van der Waals surface area contributed by atoms with E-state index in [1.165, 1.54) is 89.4 Å². The van der Waals surface area contributed by atoms with E-state index in [0.29, 0.717) is 35.5 Å². The van der Waals surface area contributed by atoms with Crippen molar-refractivity contribution in [2.45, 2.75) is 211 Å². The SMILES string of the molecule is CC(C)c1cccc(C(C)C)c1N1C(=PP=PP=C2N(c3c(C(C)C)cccc3C(C)C)C(C)(C)C[C@@]23C[C@H](C)CCC3C(C)C)[C@]2(C[C@H](C)CCC2C(C)C)CC1(C)C. The Morgan fingerprint density at radius 1 is 0.483 bits per heavy atom. The molecule has 0 N–H and O–H groups in total. The van der Waals surface area contributed by atoms with Gasteiger partial charge in [-0.1, -0.05) is 146 Å². The summed E-state index contributed by atoms with van der Waals surface area (Å²) >= 11 is 0. The van der Waals surface area contributed by atoms with Crippen LogP contribution in [0.2, 0.25) is 0 Å². The van der Waals surface area contributed by atoms with Gasteiger partial charge in [0.25, 0.3) is 0 Å². The summed E-state index contributed by atoms with van der Waals surface area (Å²) in [5.41, 5.74) is 13.3. The smallest absolute Gasteiger partial charge is 0.0576 e. The van der Waals surface area contributed by atoms with Crippen LogP contribution in [0.4, 0.5) is 11.4 Å². The van der Waals surface area contributed by atoms with Crippen molar-refractivity contribution in [2.24, 2.45) is 46.3 Å². The molecule has 6 heteroatoms. The molecule has 2 saturated heterocycles. The van der Waals surface area contributed by atoms with Crippen LogP contribution in [0.1, 0.15) is 222 Å². The van der Waals surface area contributed by atoms with Gasteiger partial charge in [-0.15, -0.1) is 0 Å². The third-order valence-electron chi connectivity index (χ3n) is 15.9. The highest BCUT2D eigenvalue weighted by Crippen LogP contribution is 2.65. The zero-order valence-electron chi connectivity index (χ0n) is 41.6. The van der Waals surface area contributed by atoms with E-state index >= 15 is 0 Å². The summed E-state index contributed by atoms with van der Waals surface area (Å²) in [7, 11) is 6.15. The van der Waals surface area contributed by atoms with Gasteiger partial charge >= 0.3 is 0 Å². The van der Waals surface area contributed by atoms with Crippen LogP contribution in [-0.2, 0) is 0 Å². The maximum Gasteiger partial charge on any atom is 0.0576 e. The van der Waals surface area contributed by atoms with E-state index in [1.54, 1.807) is 37.3 Å². The van der Waals surface area contributed by atoms with Crippen LogP contribution in [0.25, 0.3) is 0 Å². The molecule has 2 aliphatic heterocycles. The number of hydrogen-bond donors (Lipinski definition) is 0. The first-order valence-electron chi connectivity index (χ1n) is 24.4. The highest BCUT2D eigenvalue weighted by Gasteiger charge is 2.60. The molecule has 4 fully saturated rings. The van der Waals surface area contributed by atoms with E-state index in [4.69, 9.17) is 0 Å². The van der Waals surface area contributed by atoms with Gasteiger partial charge in [0, 0.05) is 33.3 Å². The van der Waals surface area contributed by atoms with Gasteiger partial charge in [-0.2, -0.15) is 0 Å². The van der Waals surface area contributed by atoms with E-state index < -0.39 is 0 Å². The molecule has 2 heterocycles. The molecule has 2 aromatic carbocycles. The van der Waals surface area contributed by atoms with Gasteiger partial charge in [0.15, 0.2) is 0 Å². The van der Waals surface area contributed by atoms with Crippen molar-refractivity contribution in [3.8, 4) is 0 Å². The van der Waals surface area contributed by atoms with Crippen LogP contribution in [0, 0.1) is 46.3 Å². The predicted molar refractivity (Wildman–Crippen MR) is 277 cm³/mol. The Balaban J connectivity index is 1.64. The Morgan fingerprint density at radius 3 is 1.05 bits per heavy atom. The average Bonchev–Trinajstić information content (AvgIpc) is 3.48. The van der Waals surface area contributed by atoms with Crippen LogP contribution in [-0.4, -0.2) is 21.9 Å². The topological polar surface area (TPSA) is 6.48 Å². The van der Waals surface area contributed by atoms with Gasteiger partial charge in [0.2, 0.25) is 0 Å². The van der Waals surface area contributed by atoms with Crippen molar-refractivity contribution in [3.05, 3.63) is 58.7 Å². The first-order chi connectivity index (χ1) is 28.0. The van der Waals surface area contributed by atoms with Crippen molar-refractivity contribution in [1.29, 1.82) is 0 Å². The lowest BCUT2D eigenvalue weighted by Gasteiger charge is -2.47. The van der Waals surface area contributed by atoms with Gasteiger partial charge < -0.3 is 9.80 Å². The fourth-order valence-electron chi connectivity index (χ4n) is 13.7. The van der Waals surface area contributed by atoms with Crippen molar-refractivity contribution < 1.29 is 0 Å². The molecule has 2 spiro atoms. The molecule has 0 radical (unpaired) electrons.